The Morgan fingerprint density at radius 3 is 1.56 bits per heavy atom. The van der Waals surface area contributed by atoms with Crippen molar-refractivity contribution in [3.8, 4) is 17.7 Å². The standard InChI is InChI=1S/C49H47Cl2N11O14S6.O3S/c1-27-18-40(58-61-47-30(4)33(26-52)48-53-39-22-32(82(73,74)75)9-11-43(39)62(48)49(47)63)44(76-12-5-15-79(64,65)66)23-36(27)55-59-41-20-29(3)38(25-46(41)78-14-7-17-81(70,71)72)57-60-42-19-28(2)37(24-45(42)77-13-6-16-80(67,68)69)56-54-35-10-8-31(50)21-34(35)51;1-4(2)3/h8-11,18-25,63H,5-7,12-17H2,1-4H3,(H,64,65,66)(H,67,68,69)(H,70,71,72)(H,73,74,75);. The van der Waals surface area contributed by atoms with Gasteiger partial charge < -0.3 is 9.84 Å². The minimum absolute atomic E-state index is 0.0109. The van der Waals surface area contributed by atoms with Crippen molar-refractivity contribution in [2.45, 2.75) is 61.6 Å². The molecule has 37 heteroatoms. The number of halogens is 2. The van der Waals surface area contributed by atoms with Crippen LogP contribution in [0.25, 0.3) is 16.7 Å². The van der Waals surface area contributed by atoms with Crippen molar-refractivity contribution in [2.24, 2.45) is 40.9 Å². The molecule has 7 aromatic rings. The third-order valence-electron chi connectivity index (χ3n) is 11.6. The number of hydrogen-bond donors (Lipinski definition) is 5. The molecule has 0 aliphatic rings. The van der Waals surface area contributed by atoms with Crippen LogP contribution in [0.1, 0.15) is 47.1 Å². The van der Waals surface area contributed by atoms with E-state index in [1.165, 1.54) is 54.7 Å². The number of aromatic nitrogens is 2. The number of thioether (sulfide) groups is 2. The highest BCUT2D eigenvalue weighted by atomic mass is 35.5. The number of ether oxygens (including phenoxy) is 1. The molecule has 0 aliphatic heterocycles. The van der Waals surface area contributed by atoms with E-state index in [9.17, 15) is 62.3 Å². The van der Waals surface area contributed by atoms with Crippen molar-refractivity contribution in [2.75, 3.05) is 35.4 Å². The van der Waals surface area contributed by atoms with Gasteiger partial charge in [-0.3, -0.25) is 22.6 Å². The molecule has 28 nitrogen and oxygen atoms in total. The van der Waals surface area contributed by atoms with E-state index < -0.39 is 79.1 Å². The van der Waals surface area contributed by atoms with Gasteiger partial charge in [-0.2, -0.15) is 54.3 Å². The Hall–Kier alpha value is -6.92. The third kappa shape index (κ3) is 19.5. The predicted molar refractivity (Wildman–Crippen MR) is 320 cm³/mol. The Labute approximate surface area is 511 Å². The number of pyridine rings is 1. The third-order valence-corrected chi connectivity index (χ3v) is 17.7. The average molecular weight is 1360 g/mol. The second-order valence-electron chi connectivity index (χ2n) is 18.1. The molecule has 0 unspecified atom stereocenters. The molecular weight excluding hydrogens is 1310 g/mol. The lowest BCUT2D eigenvalue weighted by Crippen LogP contribution is -2.08. The first-order valence-corrected chi connectivity index (χ1v) is 34.3. The maximum atomic E-state index is 11.9. The molecule has 0 saturated carbocycles. The van der Waals surface area contributed by atoms with Crippen molar-refractivity contribution in [1.29, 1.82) is 5.26 Å². The van der Waals surface area contributed by atoms with Crippen LogP contribution in [-0.4, -0.2) is 114 Å². The van der Waals surface area contributed by atoms with Crippen molar-refractivity contribution < 1.29 is 74.4 Å². The van der Waals surface area contributed by atoms with Gasteiger partial charge in [0.25, 0.3) is 40.5 Å². The monoisotopic (exact) mass is 1360 g/mol. The summed E-state index contributed by atoms with van der Waals surface area (Å²) in [5.41, 5.74) is 3.75. The molecule has 0 radical (unpaired) electrons. The lowest BCUT2D eigenvalue weighted by atomic mass is 10.1. The summed E-state index contributed by atoms with van der Waals surface area (Å²) >= 11 is 14.8. The van der Waals surface area contributed by atoms with Crippen LogP contribution >= 0.6 is 46.7 Å². The van der Waals surface area contributed by atoms with Crippen molar-refractivity contribution in [3.63, 3.8) is 0 Å². The van der Waals surface area contributed by atoms with Crippen LogP contribution in [0.15, 0.2) is 128 Å². The van der Waals surface area contributed by atoms with E-state index in [1.807, 2.05) is 6.07 Å². The number of benzene rings is 5. The summed E-state index contributed by atoms with van der Waals surface area (Å²) in [4.78, 5) is 4.87. The van der Waals surface area contributed by atoms with Gasteiger partial charge in [0.1, 0.15) is 28.8 Å². The van der Waals surface area contributed by atoms with Gasteiger partial charge in [-0.25, -0.2) is 4.98 Å². The van der Waals surface area contributed by atoms with Gasteiger partial charge in [-0.05, 0) is 142 Å². The van der Waals surface area contributed by atoms with Crippen LogP contribution in [0.3, 0.4) is 0 Å². The summed E-state index contributed by atoms with van der Waals surface area (Å²) in [5, 5.41) is 58.0. The second-order valence-corrected chi connectivity index (χ2v) is 27.7. The Morgan fingerprint density at radius 2 is 1.07 bits per heavy atom. The molecular formula is C49H47Cl2N11O17S7. The summed E-state index contributed by atoms with van der Waals surface area (Å²) in [5.74, 6) is -1.74. The fraction of sp³-hybridized carbons (Fsp3) is 0.265. The van der Waals surface area contributed by atoms with E-state index in [-0.39, 0.29) is 93.0 Å². The van der Waals surface area contributed by atoms with Gasteiger partial charge in [0.2, 0.25) is 5.88 Å². The number of nitrogens with zero attached hydrogens (tertiary/aromatic N) is 11. The molecule has 456 valence electrons. The molecule has 0 aliphatic carbocycles. The number of aryl methyl sites for hydroxylation is 3. The second kappa shape index (κ2) is 29.2. The molecule has 0 fully saturated rings. The molecule has 2 heterocycles. The zero-order chi connectivity index (χ0) is 63.5. The van der Waals surface area contributed by atoms with Crippen molar-refractivity contribution >= 4 is 160 Å². The summed E-state index contributed by atoms with van der Waals surface area (Å²) in [6, 6.07) is 19.9. The molecule has 2 aromatic heterocycles. The molecule has 0 amide bonds. The first-order valence-electron chi connectivity index (χ1n) is 24.3. The molecule has 0 spiro atoms. The number of hydrogen-bond acceptors (Lipinski definition) is 25. The smallest absolute Gasteiger partial charge is 0.425 e. The van der Waals surface area contributed by atoms with Gasteiger partial charge in [-0.15, -0.1) is 61.7 Å². The molecule has 0 bridgehead atoms. The molecule has 0 saturated heterocycles. The van der Waals surface area contributed by atoms with Crippen LogP contribution in [0.2, 0.25) is 10.0 Å². The average Bonchev–Trinajstić information content (AvgIpc) is 2.72. The van der Waals surface area contributed by atoms with Gasteiger partial charge in [0.15, 0.2) is 11.3 Å². The van der Waals surface area contributed by atoms with Gasteiger partial charge in [-0.1, -0.05) is 23.2 Å². The SMILES string of the molecule is Cc1cc(N=Nc2cc(SCCCS(=O)(=O)O)c(N=Nc3cc(OCCCS(=O)(=O)O)c(N=Nc4c(C)c(C#N)c5nc6cc(S(=O)(=O)O)ccc6n5c4O)cc3C)cc2C)c(SCCCS(=O)(=O)O)cc1N=Nc1ccc(Cl)cc1Cl.O=S(=O)=O. The largest absolute Gasteiger partial charge is 0.493 e. The van der Waals surface area contributed by atoms with Gasteiger partial charge in [0.05, 0.1) is 73.3 Å². The highest BCUT2D eigenvalue weighted by molar-refractivity contribution is 7.99. The Bertz CT molecular complexity index is 4560. The highest BCUT2D eigenvalue weighted by Crippen LogP contribution is 2.44. The Balaban J connectivity index is 0.00000286. The Kier molecular flexibility index (Phi) is 23.1. The molecule has 5 aromatic carbocycles. The molecule has 5 N–H and O–H groups in total. The highest BCUT2D eigenvalue weighted by Gasteiger charge is 2.23. The van der Waals surface area contributed by atoms with Crippen LogP contribution in [-0.2, 0) is 51.1 Å². The number of imidazole rings is 1. The maximum absolute atomic E-state index is 11.9. The minimum atomic E-state index is -4.63. The fourth-order valence-electron chi connectivity index (χ4n) is 7.57. The van der Waals surface area contributed by atoms with Crippen LogP contribution in [0, 0.1) is 39.0 Å². The predicted octanol–water partition coefficient (Wildman–Crippen LogP) is 12.9. The first-order chi connectivity index (χ1) is 40.2. The number of azo groups is 4. The fourth-order valence-corrected chi connectivity index (χ4v) is 12.3. The van der Waals surface area contributed by atoms with Crippen LogP contribution < -0.4 is 4.74 Å². The van der Waals surface area contributed by atoms with Crippen LogP contribution in [0.5, 0.6) is 11.6 Å². The summed E-state index contributed by atoms with van der Waals surface area (Å²) < 4.78 is 163. The number of aromatic hydroxyl groups is 1. The normalized spacial score (nSPS) is 12.5. The Morgan fingerprint density at radius 1 is 0.605 bits per heavy atom. The zero-order valence-corrected chi connectivity index (χ0v) is 52.2. The number of rotatable bonds is 24. The first kappa shape index (κ1) is 68.2. The number of nitriles is 1. The van der Waals surface area contributed by atoms with Crippen molar-refractivity contribution in [1.82, 2.24) is 9.38 Å². The summed E-state index contributed by atoms with van der Waals surface area (Å²) in [6.07, 6.45) is -0.0127. The van der Waals surface area contributed by atoms with Gasteiger partial charge >= 0.3 is 10.6 Å². The van der Waals surface area contributed by atoms with E-state index in [1.54, 1.807) is 57.2 Å². The number of fused-ring (bicyclic) bond motifs is 3. The van der Waals surface area contributed by atoms with E-state index in [2.05, 4.69) is 45.9 Å². The quantitative estimate of drug-likeness (QED) is 0.0162. The van der Waals surface area contributed by atoms with E-state index in [0.717, 1.165) is 16.5 Å². The molecule has 86 heavy (non-hydrogen) atoms. The van der Waals surface area contributed by atoms with E-state index >= 15 is 0 Å². The molecule has 0 atom stereocenters. The summed E-state index contributed by atoms with van der Waals surface area (Å²) in [7, 11) is -20.6. The zero-order valence-electron chi connectivity index (χ0n) is 45.0. The minimum Gasteiger partial charge on any atom is -0.493 e. The van der Waals surface area contributed by atoms with Crippen LogP contribution in [0.4, 0.5) is 45.5 Å². The summed E-state index contributed by atoms with van der Waals surface area (Å²) in [6.45, 7) is 6.38. The lowest BCUT2D eigenvalue weighted by molar-refractivity contribution is 0.317. The maximum Gasteiger partial charge on any atom is 0.425 e. The van der Waals surface area contributed by atoms with E-state index in [0.29, 0.717) is 59.9 Å². The van der Waals surface area contributed by atoms with Crippen molar-refractivity contribution in [3.05, 3.63) is 111 Å². The molecule has 7 rings (SSSR count). The topological polar surface area (TPSA) is 438 Å². The lowest BCUT2D eigenvalue weighted by Gasteiger charge is -2.12. The van der Waals surface area contributed by atoms with E-state index in [4.69, 9.17) is 40.6 Å². The van der Waals surface area contributed by atoms with Gasteiger partial charge in [0, 0.05) is 26.4 Å².